The third-order valence-electron chi connectivity index (χ3n) is 3.34. The lowest BCUT2D eigenvalue weighted by molar-refractivity contribution is 0.102. The number of pyridine rings is 1. The summed E-state index contributed by atoms with van der Waals surface area (Å²) in [5, 5.41) is 3.23. The average Bonchev–Trinajstić information content (AvgIpc) is 2.88. The molecule has 0 bridgehead atoms. The molecule has 1 aliphatic rings. The van der Waals surface area contributed by atoms with E-state index in [9.17, 15) is 4.79 Å². The number of aromatic nitrogens is 2. The van der Waals surface area contributed by atoms with Gasteiger partial charge < -0.3 is 19.9 Å². The van der Waals surface area contributed by atoms with Gasteiger partial charge in [0.15, 0.2) is 0 Å². The first-order chi connectivity index (χ1) is 10.6. The normalized spacial score (nSPS) is 14.9. The molecule has 0 unspecified atom stereocenters. The van der Waals surface area contributed by atoms with Crippen LogP contribution >= 0.6 is 23.2 Å². The van der Waals surface area contributed by atoms with Gasteiger partial charge in [0.05, 0.1) is 30.1 Å². The molecule has 116 valence electrons. The number of rotatable bonds is 3. The number of anilines is 2. The van der Waals surface area contributed by atoms with Crippen LogP contribution in [0.3, 0.4) is 0 Å². The van der Waals surface area contributed by atoms with Crippen LogP contribution in [0.4, 0.5) is 11.5 Å². The minimum absolute atomic E-state index is 0.238. The summed E-state index contributed by atoms with van der Waals surface area (Å²) in [6.45, 7) is 3.11. The fraction of sp³-hybridized carbons (Fsp3) is 0.286. The van der Waals surface area contributed by atoms with Gasteiger partial charge in [-0.05, 0) is 18.2 Å². The fourth-order valence-electron chi connectivity index (χ4n) is 2.18. The summed E-state index contributed by atoms with van der Waals surface area (Å²) in [5.74, 6) is 0.115. The molecule has 0 radical (unpaired) electrons. The smallest absolute Gasteiger partial charge is 0.273 e. The largest absolute Gasteiger partial charge is 0.378 e. The highest BCUT2D eigenvalue weighted by molar-refractivity contribution is 6.41. The molecule has 1 amide bonds. The van der Waals surface area contributed by atoms with Gasteiger partial charge in [-0.1, -0.05) is 23.2 Å². The molecule has 0 aromatic carbocycles. The van der Waals surface area contributed by atoms with Crippen molar-refractivity contribution in [1.29, 1.82) is 0 Å². The van der Waals surface area contributed by atoms with Gasteiger partial charge in [0.1, 0.15) is 16.7 Å². The predicted molar refractivity (Wildman–Crippen MR) is 86.0 cm³/mol. The third kappa shape index (κ3) is 3.35. The zero-order valence-electron chi connectivity index (χ0n) is 11.6. The Hall–Kier alpha value is -1.76. The molecule has 2 N–H and O–H groups in total. The van der Waals surface area contributed by atoms with Crippen molar-refractivity contribution in [2.75, 3.05) is 36.5 Å². The summed E-state index contributed by atoms with van der Waals surface area (Å²) in [6.07, 6.45) is 1.73. The van der Waals surface area contributed by atoms with Crippen LogP contribution in [0.25, 0.3) is 0 Å². The number of ether oxygens (including phenoxy) is 1. The Morgan fingerprint density at radius 2 is 2.09 bits per heavy atom. The van der Waals surface area contributed by atoms with E-state index in [1.54, 1.807) is 12.3 Å². The minimum Gasteiger partial charge on any atom is -0.378 e. The molecule has 0 spiro atoms. The van der Waals surface area contributed by atoms with Crippen LogP contribution in [0.15, 0.2) is 24.4 Å². The molecule has 0 saturated carbocycles. The van der Waals surface area contributed by atoms with Crippen LogP contribution in [0.2, 0.25) is 10.2 Å². The Kier molecular flexibility index (Phi) is 4.52. The maximum absolute atomic E-state index is 12.0. The topological polar surface area (TPSA) is 70.2 Å². The highest BCUT2D eigenvalue weighted by Crippen LogP contribution is 2.22. The number of morpholine rings is 1. The summed E-state index contributed by atoms with van der Waals surface area (Å²) in [5.41, 5.74) is 1.29. The Morgan fingerprint density at radius 1 is 1.32 bits per heavy atom. The molecule has 2 aromatic rings. The molecular formula is C14H14Cl2N4O2. The van der Waals surface area contributed by atoms with Gasteiger partial charge in [-0.3, -0.25) is 4.79 Å². The van der Waals surface area contributed by atoms with E-state index in [4.69, 9.17) is 27.9 Å². The molecule has 3 rings (SSSR count). The lowest BCUT2D eigenvalue weighted by Gasteiger charge is -2.28. The maximum atomic E-state index is 12.0. The number of halogens is 2. The van der Waals surface area contributed by atoms with E-state index in [0.717, 1.165) is 18.8 Å². The van der Waals surface area contributed by atoms with Gasteiger partial charge >= 0.3 is 0 Å². The highest BCUT2D eigenvalue weighted by atomic mass is 35.5. The van der Waals surface area contributed by atoms with Crippen molar-refractivity contribution in [1.82, 2.24) is 9.97 Å². The quantitative estimate of drug-likeness (QED) is 0.901. The van der Waals surface area contributed by atoms with E-state index in [1.165, 1.54) is 6.07 Å². The Balaban J connectivity index is 1.66. The standard InChI is InChI=1S/C14H14Cl2N4O2/c15-10-7-11(18-13(10)16)14(21)19-12-2-1-9(8-17-12)20-3-5-22-6-4-20/h1-2,7-8,18H,3-6H2,(H,17,19,21). The lowest BCUT2D eigenvalue weighted by atomic mass is 10.3. The molecule has 6 nitrogen and oxygen atoms in total. The Morgan fingerprint density at radius 3 is 2.68 bits per heavy atom. The van der Waals surface area contributed by atoms with Gasteiger partial charge in [0.2, 0.25) is 0 Å². The van der Waals surface area contributed by atoms with Gasteiger partial charge in [0, 0.05) is 13.1 Å². The first-order valence-corrected chi connectivity index (χ1v) is 7.53. The highest BCUT2D eigenvalue weighted by Gasteiger charge is 2.14. The van der Waals surface area contributed by atoms with Crippen molar-refractivity contribution < 1.29 is 9.53 Å². The van der Waals surface area contributed by atoms with Gasteiger partial charge in [0.25, 0.3) is 5.91 Å². The SMILES string of the molecule is O=C(Nc1ccc(N2CCOCC2)cn1)c1cc(Cl)c(Cl)[nH]1. The van der Waals surface area contributed by atoms with E-state index < -0.39 is 0 Å². The molecule has 1 aliphatic heterocycles. The monoisotopic (exact) mass is 340 g/mol. The average molecular weight is 341 g/mol. The van der Waals surface area contributed by atoms with Crippen molar-refractivity contribution in [3.05, 3.63) is 40.3 Å². The molecule has 0 aliphatic carbocycles. The van der Waals surface area contributed by atoms with Gasteiger partial charge in [-0.15, -0.1) is 0 Å². The van der Waals surface area contributed by atoms with E-state index in [0.29, 0.717) is 24.1 Å². The lowest BCUT2D eigenvalue weighted by Crippen LogP contribution is -2.36. The van der Waals surface area contributed by atoms with E-state index in [2.05, 4.69) is 20.2 Å². The maximum Gasteiger partial charge on any atom is 0.273 e. The second kappa shape index (κ2) is 6.56. The summed E-state index contributed by atoms with van der Waals surface area (Å²) < 4.78 is 5.31. The van der Waals surface area contributed by atoms with Crippen LogP contribution in [0.1, 0.15) is 10.5 Å². The van der Waals surface area contributed by atoms with Gasteiger partial charge in [-0.25, -0.2) is 4.98 Å². The number of aromatic amines is 1. The second-order valence-corrected chi connectivity index (χ2v) is 5.59. The van der Waals surface area contributed by atoms with Crippen LogP contribution in [0, 0.1) is 0 Å². The summed E-state index contributed by atoms with van der Waals surface area (Å²) >= 11 is 11.6. The van der Waals surface area contributed by atoms with Crippen LogP contribution in [-0.2, 0) is 4.74 Å². The number of hydrogen-bond donors (Lipinski definition) is 2. The molecule has 8 heteroatoms. The zero-order valence-corrected chi connectivity index (χ0v) is 13.1. The Labute approximate surface area is 137 Å². The van der Waals surface area contributed by atoms with Crippen molar-refractivity contribution in [3.63, 3.8) is 0 Å². The number of carbonyl (C=O) groups excluding carboxylic acids is 1. The molecule has 22 heavy (non-hydrogen) atoms. The summed E-state index contributed by atoms with van der Waals surface area (Å²) in [4.78, 5) is 21.2. The molecular weight excluding hydrogens is 327 g/mol. The summed E-state index contributed by atoms with van der Waals surface area (Å²) in [7, 11) is 0. The first kappa shape index (κ1) is 15.1. The Bertz CT molecular complexity index is 646. The number of amides is 1. The van der Waals surface area contributed by atoms with E-state index in [1.807, 2.05) is 6.07 Å². The fourth-order valence-corrected chi connectivity index (χ4v) is 2.49. The number of nitrogens with zero attached hydrogens (tertiary/aromatic N) is 2. The second-order valence-electron chi connectivity index (χ2n) is 4.80. The van der Waals surface area contributed by atoms with Gasteiger partial charge in [-0.2, -0.15) is 0 Å². The molecule has 3 heterocycles. The van der Waals surface area contributed by atoms with Crippen molar-refractivity contribution >= 4 is 40.6 Å². The number of nitrogens with one attached hydrogen (secondary N) is 2. The summed E-state index contributed by atoms with van der Waals surface area (Å²) in [6, 6.07) is 5.15. The molecule has 2 aromatic heterocycles. The van der Waals surface area contributed by atoms with E-state index in [-0.39, 0.29) is 16.8 Å². The third-order valence-corrected chi connectivity index (χ3v) is 4.03. The molecule has 1 saturated heterocycles. The van der Waals surface area contributed by atoms with Crippen LogP contribution in [0.5, 0.6) is 0 Å². The molecule has 1 fully saturated rings. The van der Waals surface area contributed by atoms with Crippen molar-refractivity contribution in [2.24, 2.45) is 0 Å². The predicted octanol–water partition coefficient (Wildman–Crippen LogP) is 2.81. The van der Waals surface area contributed by atoms with E-state index >= 15 is 0 Å². The van der Waals surface area contributed by atoms with Crippen LogP contribution < -0.4 is 10.2 Å². The number of H-pyrrole nitrogens is 1. The number of hydrogen-bond acceptors (Lipinski definition) is 4. The first-order valence-electron chi connectivity index (χ1n) is 6.77. The molecule has 0 atom stereocenters. The zero-order chi connectivity index (χ0) is 15.5. The van der Waals surface area contributed by atoms with Crippen molar-refractivity contribution in [3.8, 4) is 0 Å². The van der Waals surface area contributed by atoms with Crippen LogP contribution in [-0.4, -0.2) is 42.2 Å². The number of carbonyl (C=O) groups is 1. The minimum atomic E-state index is -0.347. The van der Waals surface area contributed by atoms with Crippen molar-refractivity contribution in [2.45, 2.75) is 0 Å².